The van der Waals surface area contributed by atoms with Crippen LogP contribution in [0.25, 0.3) is 0 Å². The number of carbonyl (C=O) groups excluding carboxylic acids is 2. The molecule has 1 aliphatic carbocycles. The van der Waals surface area contributed by atoms with E-state index in [-0.39, 0.29) is 43.7 Å². The van der Waals surface area contributed by atoms with E-state index < -0.39 is 17.6 Å². The fourth-order valence-corrected chi connectivity index (χ4v) is 3.40. The lowest BCUT2D eigenvalue weighted by molar-refractivity contribution is -0.165. The Kier molecular flexibility index (Phi) is 5.05. The van der Waals surface area contributed by atoms with E-state index in [0.717, 1.165) is 25.7 Å². The number of aliphatic hydroxyl groups is 1. The molecule has 7 heteroatoms. The summed E-state index contributed by atoms with van der Waals surface area (Å²) in [5.74, 6) is -1.48. The summed E-state index contributed by atoms with van der Waals surface area (Å²) in [5.41, 5.74) is -1.74. The van der Waals surface area contributed by atoms with Crippen LogP contribution in [0.4, 0.5) is 0 Å². The number of hydrogen-bond donors (Lipinski definition) is 3. The average Bonchev–Trinajstić information content (AvgIpc) is 2.98. The van der Waals surface area contributed by atoms with Gasteiger partial charge in [-0.15, -0.1) is 0 Å². The molecule has 0 radical (unpaired) electrons. The first kappa shape index (κ1) is 16.7. The summed E-state index contributed by atoms with van der Waals surface area (Å²) >= 11 is 0. The summed E-state index contributed by atoms with van der Waals surface area (Å²) in [6.45, 7) is 1.80. The number of piperidine rings is 1. The topological polar surface area (TPSA) is 107 Å². The molecule has 1 unspecified atom stereocenters. The predicted molar refractivity (Wildman–Crippen MR) is 78.0 cm³/mol. The van der Waals surface area contributed by atoms with Gasteiger partial charge in [-0.25, -0.2) is 4.79 Å². The molecule has 1 atom stereocenters. The smallest absolute Gasteiger partial charge is 0.335 e. The molecule has 124 valence electrons. The van der Waals surface area contributed by atoms with Gasteiger partial charge in [0.2, 0.25) is 11.8 Å². The number of amides is 2. The van der Waals surface area contributed by atoms with E-state index in [9.17, 15) is 19.5 Å². The van der Waals surface area contributed by atoms with Gasteiger partial charge in [0, 0.05) is 32.9 Å². The normalized spacial score (nSPS) is 23.1. The molecule has 1 saturated heterocycles. The van der Waals surface area contributed by atoms with Crippen LogP contribution in [0, 0.1) is 5.92 Å². The van der Waals surface area contributed by atoms with Crippen LogP contribution in [0.15, 0.2) is 0 Å². The molecule has 3 N–H and O–H groups in total. The Morgan fingerprint density at radius 3 is 2.18 bits per heavy atom. The van der Waals surface area contributed by atoms with Crippen molar-refractivity contribution >= 4 is 17.8 Å². The maximum Gasteiger partial charge on any atom is 0.335 e. The summed E-state index contributed by atoms with van der Waals surface area (Å²) in [5, 5.41) is 21.7. The van der Waals surface area contributed by atoms with Crippen LogP contribution in [0.1, 0.15) is 45.4 Å². The first-order valence-corrected chi connectivity index (χ1v) is 7.85. The number of likely N-dealkylation sites (tertiary alicyclic amines) is 1. The monoisotopic (exact) mass is 312 g/mol. The first-order valence-electron chi connectivity index (χ1n) is 7.85. The van der Waals surface area contributed by atoms with Crippen LogP contribution in [0.2, 0.25) is 0 Å². The summed E-state index contributed by atoms with van der Waals surface area (Å²) in [7, 11) is 0. The van der Waals surface area contributed by atoms with Crippen molar-refractivity contribution in [1.82, 2.24) is 10.2 Å². The highest BCUT2D eigenvalue weighted by molar-refractivity contribution is 5.87. The molecule has 0 aromatic heterocycles. The fraction of sp³-hybridized carbons (Fsp3) is 0.800. The standard InChI is InChI=1S/C15H24N2O5/c1-10(18)16-12(11-4-2-3-5-11)13(19)17-8-6-15(22,7-9-17)14(20)21/h11-12,22H,2-9H2,1H3,(H,16,18)(H,20,21). The van der Waals surface area contributed by atoms with Gasteiger partial charge >= 0.3 is 5.97 Å². The molecule has 1 aliphatic heterocycles. The van der Waals surface area contributed by atoms with Gasteiger partial charge in [0.1, 0.15) is 6.04 Å². The van der Waals surface area contributed by atoms with Gasteiger partial charge in [0.25, 0.3) is 0 Å². The third-order valence-electron chi connectivity index (χ3n) is 4.80. The molecular formula is C15H24N2O5. The Labute approximate surface area is 129 Å². The Morgan fingerprint density at radius 2 is 1.73 bits per heavy atom. The Balaban J connectivity index is 2.02. The highest BCUT2D eigenvalue weighted by atomic mass is 16.4. The minimum absolute atomic E-state index is 0.0194. The van der Waals surface area contributed by atoms with Crippen LogP contribution in [-0.2, 0) is 14.4 Å². The summed E-state index contributed by atoms with van der Waals surface area (Å²) in [6.07, 6.45) is 4.00. The van der Waals surface area contributed by atoms with Gasteiger partial charge < -0.3 is 20.4 Å². The second-order valence-corrected chi connectivity index (χ2v) is 6.38. The Hall–Kier alpha value is -1.63. The second-order valence-electron chi connectivity index (χ2n) is 6.38. The van der Waals surface area contributed by atoms with E-state index in [1.165, 1.54) is 6.92 Å². The number of aliphatic carboxylic acids is 1. The third kappa shape index (κ3) is 3.58. The number of carbonyl (C=O) groups is 3. The number of nitrogens with zero attached hydrogens (tertiary/aromatic N) is 1. The summed E-state index contributed by atoms with van der Waals surface area (Å²) in [4.78, 5) is 36.7. The highest BCUT2D eigenvalue weighted by Gasteiger charge is 2.42. The molecule has 2 fully saturated rings. The minimum Gasteiger partial charge on any atom is -0.479 e. The largest absolute Gasteiger partial charge is 0.479 e. The van der Waals surface area contributed by atoms with Gasteiger partial charge in [-0.05, 0) is 18.8 Å². The molecule has 2 amide bonds. The van der Waals surface area contributed by atoms with Crippen molar-refractivity contribution in [2.24, 2.45) is 5.92 Å². The Bertz CT molecular complexity index is 451. The van der Waals surface area contributed by atoms with Crippen molar-refractivity contribution in [2.75, 3.05) is 13.1 Å². The molecule has 1 heterocycles. The predicted octanol–water partition coefficient (Wildman–Crippen LogP) is 0.119. The van der Waals surface area contributed by atoms with Crippen molar-refractivity contribution in [3.8, 4) is 0 Å². The van der Waals surface area contributed by atoms with Crippen LogP contribution < -0.4 is 5.32 Å². The lowest BCUT2D eigenvalue weighted by Gasteiger charge is -2.38. The maximum atomic E-state index is 12.7. The number of rotatable bonds is 4. The van der Waals surface area contributed by atoms with Crippen molar-refractivity contribution in [2.45, 2.75) is 57.1 Å². The van der Waals surface area contributed by atoms with Gasteiger partial charge in [0.05, 0.1) is 0 Å². The molecule has 0 spiro atoms. The number of nitrogens with one attached hydrogen (secondary N) is 1. The van der Waals surface area contributed by atoms with Crippen LogP contribution >= 0.6 is 0 Å². The van der Waals surface area contributed by atoms with E-state index in [4.69, 9.17) is 5.11 Å². The lowest BCUT2D eigenvalue weighted by atomic mass is 9.90. The molecule has 0 aromatic rings. The zero-order chi connectivity index (χ0) is 16.3. The van der Waals surface area contributed by atoms with Gasteiger partial charge in [-0.2, -0.15) is 0 Å². The molecule has 2 rings (SSSR count). The maximum absolute atomic E-state index is 12.7. The van der Waals surface area contributed by atoms with Crippen LogP contribution in [0.3, 0.4) is 0 Å². The molecule has 0 bridgehead atoms. The molecule has 22 heavy (non-hydrogen) atoms. The molecule has 1 saturated carbocycles. The van der Waals surface area contributed by atoms with Crippen LogP contribution in [0.5, 0.6) is 0 Å². The number of carboxylic acids is 1. The van der Waals surface area contributed by atoms with Crippen LogP contribution in [-0.4, -0.2) is 57.6 Å². The average molecular weight is 312 g/mol. The summed E-state index contributed by atoms with van der Waals surface area (Å²) < 4.78 is 0. The van der Waals surface area contributed by atoms with E-state index in [0.29, 0.717) is 0 Å². The molecule has 2 aliphatic rings. The zero-order valence-electron chi connectivity index (χ0n) is 12.9. The fourth-order valence-electron chi connectivity index (χ4n) is 3.40. The van der Waals surface area contributed by atoms with Gasteiger partial charge in [0.15, 0.2) is 5.60 Å². The van der Waals surface area contributed by atoms with Crippen molar-refractivity contribution < 1.29 is 24.6 Å². The minimum atomic E-state index is -1.74. The lowest BCUT2D eigenvalue weighted by Crippen LogP contribution is -2.56. The summed E-state index contributed by atoms with van der Waals surface area (Å²) in [6, 6.07) is -0.531. The second kappa shape index (κ2) is 6.64. The molecular weight excluding hydrogens is 288 g/mol. The van der Waals surface area contributed by atoms with Crippen molar-refractivity contribution in [3.05, 3.63) is 0 Å². The van der Waals surface area contributed by atoms with E-state index >= 15 is 0 Å². The van der Waals surface area contributed by atoms with E-state index in [1.807, 2.05) is 0 Å². The van der Waals surface area contributed by atoms with Crippen molar-refractivity contribution in [3.63, 3.8) is 0 Å². The van der Waals surface area contributed by atoms with E-state index in [1.54, 1.807) is 4.90 Å². The van der Waals surface area contributed by atoms with Crippen molar-refractivity contribution in [1.29, 1.82) is 0 Å². The van der Waals surface area contributed by atoms with E-state index in [2.05, 4.69) is 5.32 Å². The highest BCUT2D eigenvalue weighted by Crippen LogP contribution is 2.30. The Morgan fingerprint density at radius 1 is 1.18 bits per heavy atom. The molecule has 0 aromatic carbocycles. The SMILES string of the molecule is CC(=O)NC(C(=O)N1CCC(O)(C(=O)O)CC1)C1CCCC1. The zero-order valence-corrected chi connectivity index (χ0v) is 12.9. The number of carboxylic acid groups (broad SMARTS) is 1. The number of hydrogen-bond acceptors (Lipinski definition) is 4. The van der Waals surface area contributed by atoms with Gasteiger partial charge in [-0.1, -0.05) is 12.8 Å². The quantitative estimate of drug-likeness (QED) is 0.683. The van der Waals surface area contributed by atoms with Gasteiger partial charge in [-0.3, -0.25) is 9.59 Å². The first-order chi connectivity index (χ1) is 10.3. The molecule has 7 nitrogen and oxygen atoms in total. The third-order valence-corrected chi connectivity index (χ3v) is 4.80.